The van der Waals surface area contributed by atoms with Crippen molar-refractivity contribution in [1.29, 1.82) is 0 Å². The third-order valence-corrected chi connectivity index (χ3v) is 12.0. The van der Waals surface area contributed by atoms with Crippen molar-refractivity contribution in [1.82, 2.24) is 0 Å². The number of anilines is 6. The van der Waals surface area contributed by atoms with Crippen molar-refractivity contribution in [2.75, 3.05) is 23.0 Å². The summed E-state index contributed by atoms with van der Waals surface area (Å²) in [7, 11) is 0. The van der Waals surface area contributed by atoms with E-state index in [0.29, 0.717) is 13.2 Å². The molecule has 0 unspecified atom stereocenters. The lowest BCUT2D eigenvalue weighted by atomic mass is 9.35. The zero-order valence-electron chi connectivity index (χ0n) is 34.4. The Hall–Kier alpha value is -5.10. The maximum Gasteiger partial charge on any atom is 0.297 e. The molecule has 9 rings (SSSR count). The van der Waals surface area contributed by atoms with Gasteiger partial charge in [0, 0.05) is 40.1 Å². The van der Waals surface area contributed by atoms with E-state index in [4.69, 9.17) is 13.9 Å². The maximum absolute atomic E-state index is 7.23. The molecule has 0 aliphatic carbocycles. The Labute approximate surface area is 327 Å². The average molecular weight is 729 g/mol. The van der Waals surface area contributed by atoms with Gasteiger partial charge in [-0.05, 0) is 112 Å². The maximum atomic E-state index is 7.23. The molecular weight excluding hydrogens is 675 g/mol. The molecule has 6 heteroatoms. The van der Waals surface area contributed by atoms with Gasteiger partial charge in [0.25, 0.3) is 6.71 Å². The lowest BCUT2D eigenvalue weighted by Crippen LogP contribution is -2.61. The first-order valence-corrected chi connectivity index (χ1v) is 20.0. The SMILES string of the molecule is Cc1cc2c(c(C)c1N1c3cccc4c3B(c3cc(C(C)(C)C)ccc3N4c3ccc(C(C)(C)C)cc3)c3oc4ccc(C(C)(C)C)cc4c31)OCCCO2. The largest absolute Gasteiger partial charge is 0.490 e. The molecular formula is C49H53BN2O3. The van der Waals surface area contributed by atoms with Gasteiger partial charge in [-0.1, -0.05) is 98.7 Å². The summed E-state index contributed by atoms with van der Waals surface area (Å²) in [6.45, 7) is 26.1. The first-order chi connectivity index (χ1) is 26.0. The van der Waals surface area contributed by atoms with Gasteiger partial charge < -0.3 is 23.7 Å². The lowest BCUT2D eigenvalue weighted by molar-refractivity contribution is 0.296. The van der Waals surface area contributed by atoms with Crippen LogP contribution in [0.3, 0.4) is 0 Å². The van der Waals surface area contributed by atoms with Gasteiger partial charge in [-0.2, -0.15) is 0 Å². The van der Waals surface area contributed by atoms with Crippen LogP contribution in [0.25, 0.3) is 11.0 Å². The van der Waals surface area contributed by atoms with E-state index in [-0.39, 0.29) is 23.0 Å². The van der Waals surface area contributed by atoms with Gasteiger partial charge in [0.05, 0.1) is 30.2 Å². The zero-order chi connectivity index (χ0) is 38.8. The van der Waals surface area contributed by atoms with Crippen LogP contribution in [0.5, 0.6) is 11.5 Å². The van der Waals surface area contributed by atoms with Gasteiger partial charge >= 0.3 is 0 Å². The van der Waals surface area contributed by atoms with Crippen LogP contribution in [0.4, 0.5) is 34.1 Å². The minimum Gasteiger partial charge on any atom is -0.490 e. The number of fused-ring (bicyclic) bond motifs is 7. The topological polar surface area (TPSA) is 38.1 Å². The van der Waals surface area contributed by atoms with Crippen LogP contribution >= 0.6 is 0 Å². The van der Waals surface area contributed by atoms with Crippen LogP contribution in [0.15, 0.2) is 89.3 Å². The summed E-state index contributed by atoms with van der Waals surface area (Å²) in [5.41, 5.74) is 17.3. The van der Waals surface area contributed by atoms with Crippen molar-refractivity contribution in [2.24, 2.45) is 0 Å². The molecule has 5 aromatic carbocycles. The third-order valence-electron chi connectivity index (χ3n) is 12.0. The molecule has 0 spiro atoms. The molecule has 4 heterocycles. The van der Waals surface area contributed by atoms with Crippen molar-refractivity contribution >= 4 is 68.4 Å². The van der Waals surface area contributed by atoms with Gasteiger partial charge in [-0.3, -0.25) is 0 Å². The first kappa shape index (κ1) is 35.6. The number of hydrogen-bond donors (Lipinski definition) is 0. The summed E-state index contributed by atoms with van der Waals surface area (Å²) in [5.74, 6) is 1.65. The fourth-order valence-corrected chi connectivity index (χ4v) is 8.94. The molecule has 0 amide bonds. The first-order valence-electron chi connectivity index (χ1n) is 20.0. The third kappa shape index (κ3) is 5.58. The minimum absolute atomic E-state index is 0.0356. The second-order valence-corrected chi connectivity index (χ2v) is 19.0. The van der Waals surface area contributed by atoms with Gasteiger partial charge in [0.2, 0.25) is 0 Å². The number of furan rings is 1. The summed E-state index contributed by atoms with van der Waals surface area (Å²) in [6.07, 6.45) is 0.856. The highest BCUT2D eigenvalue weighted by atomic mass is 16.5. The average Bonchev–Trinajstić information content (AvgIpc) is 3.34. The molecule has 3 aliphatic heterocycles. The Bertz CT molecular complexity index is 2510. The fraction of sp³-hybridized carbons (Fsp3) is 0.347. The van der Waals surface area contributed by atoms with E-state index >= 15 is 0 Å². The van der Waals surface area contributed by atoms with E-state index in [2.05, 4.69) is 171 Å². The molecule has 1 aromatic heterocycles. The summed E-state index contributed by atoms with van der Waals surface area (Å²) in [5, 5.41) is 1.12. The number of nitrogens with zero attached hydrogens (tertiary/aromatic N) is 2. The molecule has 0 saturated heterocycles. The summed E-state index contributed by atoms with van der Waals surface area (Å²) in [4.78, 5) is 4.96. The normalized spacial score (nSPS) is 15.1. The summed E-state index contributed by atoms with van der Waals surface area (Å²) < 4.78 is 20.0. The van der Waals surface area contributed by atoms with Crippen LogP contribution < -0.4 is 35.9 Å². The Morgan fingerprint density at radius 2 is 1.22 bits per heavy atom. The summed E-state index contributed by atoms with van der Waals surface area (Å²) >= 11 is 0. The van der Waals surface area contributed by atoms with Crippen molar-refractivity contribution < 1.29 is 13.9 Å². The van der Waals surface area contributed by atoms with Crippen LogP contribution in [-0.4, -0.2) is 19.9 Å². The van der Waals surface area contributed by atoms with Crippen LogP contribution in [0, 0.1) is 13.8 Å². The highest BCUT2D eigenvalue weighted by molar-refractivity contribution is 7.00. The lowest BCUT2D eigenvalue weighted by Gasteiger charge is -2.43. The van der Waals surface area contributed by atoms with E-state index in [0.717, 1.165) is 74.1 Å². The van der Waals surface area contributed by atoms with Crippen molar-refractivity contribution in [3.05, 3.63) is 113 Å². The molecule has 6 aromatic rings. The van der Waals surface area contributed by atoms with Gasteiger partial charge in [-0.25, -0.2) is 0 Å². The molecule has 5 nitrogen and oxygen atoms in total. The predicted molar refractivity (Wildman–Crippen MR) is 231 cm³/mol. The highest BCUT2D eigenvalue weighted by Crippen LogP contribution is 2.51. The second kappa shape index (κ2) is 12.2. The Morgan fingerprint density at radius 1 is 0.600 bits per heavy atom. The molecule has 0 radical (unpaired) electrons. The van der Waals surface area contributed by atoms with Gasteiger partial charge in [-0.15, -0.1) is 0 Å². The Balaban J connectivity index is 1.39. The predicted octanol–water partition coefficient (Wildman–Crippen LogP) is 11.2. The number of aryl methyl sites for hydroxylation is 1. The summed E-state index contributed by atoms with van der Waals surface area (Å²) in [6, 6.07) is 32.1. The molecule has 0 fully saturated rings. The minimum atomic E-state index is -0.119. The molecule has 0 bridgehead atoms. The van der Waals surface area contributed by atoms with E-state index < -0.39 is 0 Å². The Kier molecular flexibility index (Phi) is 7.90. The van der Waals surface area contributed by atoms with Crippen LogP contribution in [0.1, 0.15) is 96.6 Å². The zero-order valence-corrected chi connectivity index (χ0v) is 34.4. The standard InChI is InChI=1S/C49H53BN2O3/c1-29-26-41-45(54-25-13-24-53-41)30(2)43(29)52-39-15-12-14-38-42(39)50(46-44(52)35-27-32(48(6,7)8)19-23-40(35)55-46)36-28-33(49(9,10)11)18-22-37(36)51(38)34-20-16-31(17-21-34)47(3,4)5/h12,14-23,26-28H,13,24-25H2,1-11H3. The number of rotatable bonds is 2. The second-order valence-electron chi connectivity index (χ2n) is 19.0. The van der Waals surface area contributed by atoms with Gasteiger partial charge in [0.1, 0.15) is 5.58 Å². The van der Waals surface area contributed by atoms with Gasteiger partial charge in [0.15, 0.2) is 11.5 Å². The quantitative estimate of drug-likeness (QED) is 0.166. The number of hydrogen-bond acceptors (Lipinski definition) is 5. The molecule has 55 heavy (non-hydrogen) atoms. The van der Waals surface area contributed by atoms with Crippen LogP contribution in [-0.2, 0) is 16.2 Å². The Morgan fingerprint density at radius 3 is 1.91 bits per heavy atom. The molecule has 0 saturated carbocycles. The molecule has 280 valence electrons. The molecule has 3 aliphatic rings. The smallest absolute Gasteiger partial charge is 0.297 e. The van der Waals surface area contributed by atoms with E-state index in [1.165, 1.54) is 33.3 Å². The van der Waals surface area contributed by atoms with E-state index in [9.17, 15) is 0 Å². The van der Waals surface area contributed by atoms with Crippen molar-refractivity contribution in [3.8, 4) is 11.5 Å². The number of ether oxygens (including phenoxy) is 2. The van der Waals surface area contributed by atoms with E-state index in [1.54, 1.807) is 0 Å². The number of benzene rings is 5. The van der Waals surface area contributed by atoms with Crippen LogP contribution in [0.2, 0.25) is 0 Å². The molecule has 0 N–H and O–H groups in total. The molecule has 0 atom stereocenters. The van der Waals surface area contributed by atoms with E-state index in [1.807, 2.05) is 0 Å². The van der Waals surface area contributed by atoms with Crippen molar-refractivity contribution in [2.45, 2.75) is 98.8 Å². The fourth-order valence-electron chi connectivity index (χ4n) is 8.94. The monoisotopic (exact) mass is 728 g/mol. The highest BCUT2D eigenvalue weighted by Gasteiger charge is 2.47. The van der Waals surface area contributed by atoms with Crippen molar-refractivity contribution in [3.63, 3.8) is 0 Å².